The highest BCUT2D eigenvalue weighted by atomic mass is 19.4. The molecular formula is C16H10F6O4. The van der Waals surface area contributed by atoms with Crippen molar-refractivity contribution >= 4 is 11.9 Å². The van der Waals surface area contributed by atoms with Crippen LogP contribution in [0.2, 0.25) is 0 Å². The number of esters is 2. The zero-order valence-corrected chi connectivity index (χ0v) is 12.9. The molecule has 1 atom stereocenters. The molecule has 1 unspecified atom stereocenters. The van der Waals surface area contributed by atoms with E-state index in [9.17, 15) is 35.9 Å². The molecule has 1 fully saturated rings. The fourth-order valence-electron chi connectivity index (χ4n) is 2.05. The molecule has 0 aromatic carbocycles. The minimum Gasteiger partial charge on any atom is -0.454 e. The molecule has 0 radical (unpaired) electrons. The Hall–Kier alpha value is -2.74. The van der Waals surface area contributed by atoms with Gasteiger partial charge in [0.1, 0.15) is 17.3 Å². The molecule has 4 nitrogen and oxygen atoms in total. The Morgan fingerprint density at radius 2 is 1.58 bits per heavy atom. The van der Waals surface area contributed by atoms with E-state index in [1.54, 1.807) is 0 Å². The average Bonchev–Trinajstić information content (AvgIpc) is 2.49. The molecule has 0 aromatic rings. The Balaban J connectivity index is 2.00. The zero-order valence-electron chi connectivity index (χ0n) is 12.9. The van der Waals surface area contributed by atoms with Crippen LogP contribution in [0.15, 0.2) is 53.0 Å². The second kappa shape index (κ2) is 6.53. The highest BCUT2D eigenvalue weighted by molar-refractivity contribution is 5.90. The van der Waals surface area contributed by atoms with E-state index < -0.39 is 41.5 Å². The van der Waals surface area contributed by atoms with Gasteiger partial charge in [-0.2, -0.15) is 26.3 Å². The Kier molecular flexibility index (Phi) is 4.92. The van der Waals surface area contributed by atoms with Gasteiger partial charge in [-0.1, -0.05) is 25.0 Å². The van der Waals surface area contributed by atoms with Crippen molar-refractivity contribution in [2.24, 2.45) is 0 Å². The highest BCUT2D eigenvalue weighted by Gasteiger charge is 2.42. The first-order chi connectivity index (χ1) is 11.8. The number of alkyl halides is 6. The largest absolute Gasteiger partial charge is 0.454 e. The minimum absolute atomic E-state index is 0.0238. The zero-order chi connectivity index (χ0) is 19.9. The van der Waals surface area contributed by atoms with Crippen LogP contribution in [0.25, 0.3) is 0 Å². The van der Waals surface area contributed by atoms with E-state index in [-0.39, 0.29) is 18.6 Å². The van der Waals surface area contributed by atoms with Gasteiger partial charge in [-0.3, -0.25) is 0 Å². The molecule has 140 valence electrons. The lowest BCUT2D eigenvalue weighted by atomic mass is 9.80. The van der Waals surface area contributed by atoms with Crippen molar-refractivity contribution in [1.82, 2.24) is 0 Å². The van der Waals surface area contributed by atoms with Crippen LogP contribution in [0.5, 0.6) is 0 Å². The van der Waals surface area contributed by atoms with E-state index >= 15 is 0 Å². The second-order valence-electron chi connectivity index (χ2n) is 5.33. The molecule has 2 rings (SSSR count). The van der Waals surface area contributed by atoms with Crippen molar-refractivity contribution in [2.45, 2.75) is 31.3 Å². The van der Waals surface area contributed by atoms with Gasteiger partial charge in [-0.15, -0.1) is 0 Å². The van der Waals surface area contributed by atoms with E-state index in [1.807, 2.05) is 0 Å². The Bertz CT molecular complexity index is 791. The van der Waals surface area contributed by atoms with Crippen LogP contribution in [-0.4, -0.2) is 30.4 Å². The molecule has 0 saturated heterocycles. The topological polar surface area (TPSA) is 52.6 Å². The number of hydrogen-bond donors (Lipinski definition) is 0. The molecule has 0 heterocycles. The summed E-state index contributed by atoms with van der Waals surface area (Å²) in [4.78, 5) is 22.7. The normalized spacial score (nSPS) is 19.2. The van der Waals surface area contributed by atoms with Gasteiger partial charge in [-0.05, 0) is 0 Å². The Labute approximate surface area is 142 Å². The van der Waals surface area contributed by atoms with Crippen molar-refractivity contribution in [2.75, 3.05) is 0 Å². The summed E-state index contributed by atoms with van der Waals surface area (Å²) in [5, 5.41) is 0. The maximum Gasteiger partial charge on any atom is 0.422 e. The predicted molar refractivity (Wildman–Crippen MR) is 74.2 cm³/mol. The number of fused-ring (bicyclic) bond motifs is 1. The van der Waals surface area contributed by atoms with Crippen LogP contribution in [0, 0.1) is 0 Å². The van der Waals surface area contributed by atoms with Crippen molar-refractivity contribution in [1.29, 1.82) is 0 Å². The molecule has 1 saturated carbocycles. The molecule has 0 bridgehead atoms. The fourth-order valence-corrected chi connectivity index (χ4v) is 2.05. The first-order valence-corrected chi connectivity index (χ1v) is 6.95. The number of hydrogen-bond acceptors (Lipinski definition) is 4. The van der Waals surface area contributed by atoms with Crippen molar-refractivity contribution in [3.05, 3.63) is 53.0 Å². The quantitative estimate of drug-likeness (QED) is 0.322. The molecule has 2 aliphatic carbocycles. The van der Waals surface area contributed by atoms with Gasteiger partial charge in [0, 0.05) is 24.0 Å². The van der Waals surface area contributed by atoms with Crippen LogP contribution < -0.4 is 0 Å². The molecule has 0 N–H and O–H groups in total. The highest BCUT2D eigenvalue weighted by Crippen LogP contribution is 2.40. The third-order valence-electron chi connectivity index (χ3n) is 3.52. The smallest absolute Gasteiger partial charge is 0.422 e. The van der Waals surface area contributed by atoms with Crippen molar-refractivity contribution < 1.29 is 45.4 Å². The van der Waals surface area contributed by atoms with Crippen LogP contribution in [0.1, 0.15) is 12.8 Å². The number of rotatable bonds is 4. The predicted octanol–water partition coefficient (Wildman–Crippen LogP) is 3.82. The summed E-state index contributed by atoms with van der Waals surface area (Å²) in [7, 11) is 0. The molecule has 0 aliphatic heterocycles. The molecule has 0 amide bonds. The first kappa shape index (κ1) is 19.6. The summed E-state index contributed by atoms with van der Waals surface area (Å²) in [5.74, 6) is -3.50. The average molecular weight is 380 g/mol. The van der Waals surface area contributed by atoms with Crippen LogP contribution >= 0.6 is 0 Å². The van der Waals surface area contributed by atoms with Gasteiger partial charge in [-0.25, -0.2) is 9.59 Å². The Morgan fingerprint density at radius 3 is 2.08 bits per heavy atom. The molecule has 26 heavy (non-hydrogen) atoms. The number of carbonyl (C=O) groups excluding carboxylic acids is 2. The standard InChI is InChI=1S/C16H10F6O4/c1-7(15(17,18)19)13(23)25-10-3-4-11-9(5-10)6-12(11)26-14(24)8(2)16(20,21)22/h4,12H,1-3,6H2. The summed E-state index contributed by atoms with van der Waals surface area (Å²) >= 11 is 0. The maximum absolute atomic E-state index is 12.4. The number of halogens is 6. The number of carbonyl (C=O) groups is 2. The summed E-state index contributed by atoms with van der Waals surface area (Å²) in [6, 6.07) is 0. The fraction of sp³-hybridized carbons (Fsp3) is 0.312. The van der Waals surface area contributed by atoms with Crippen molar-refractivity contribution in [3.63, 3.8) is 0 Å². The van der Waals surface area contributed by atoms with E-state index in [2.05, 4.69) is 28.4 Å². The molecule has 2 aliphatic rings. The van der Waals surface area contributed by atoms with Gasteiger partial charge in [0.15, 0.2) is 5.76 Å². The maximum atomic E-state index is 12.4. The van der Waals surface area contributed by atoms with Gasteiger partial charge >= 0.3 is 24.3 Å². The Morgan fingerprint density at radius 1 is 1.04 bits per heavy atom. The monoisotopic (exact) mass is 380 g/mol. The molecule has 0 spiro atoms. The van der Waals surface area contributed by atoms with Gasteiger partial charge < -0.3 is 9.47 Å². The molecule has 0 aromatic heterocycles. The molecular weight excluding hydrogens is 370 g/mol. The van der Waals surface area contributed by atoms with Gasteiger partial charge in [0.25, 0.3) is 0 Å². The summed E-state index contributed by atoms with van der Waals surface area (Å²) in [6.07, 6.45) is -9.61. The van der Waals surface area contributed by atoms with E-state index in [0.29, 0.717) is 11.1 Å². The molecule has 10 heteroatoms. The van der Waals surface area contributed by atoms with Crippen LogP contribution in [0.4, 0.5) is 26.3 Å². The number of ether oxygens (including phenoxy) is 2. The third kappa shape index (κ3) is 4.08. The van der Waals surface area contributed by atoms with E-state index in [4.69, 9.17) is 0 Å². The first-order valence-electron chi connectivity index (χ1n) is 6.95. The lowest BCUT2D eigenvalue weighted by molar-refractivity contribution is -0.154. The van der Waals surface area contributed by atoms with E-state index in [0.717, 1.165) is 0 Å². The third-order valence-corrected chi connectivity index (χ3v) is 3.52. The minimum atomic E-state index is -4.93. The lowest BCUT2D eigenvalue weighted by Crippen LogP contribution is -2.34. The SMILES string of the molecule is C=C(C(=O)OC1=C=C2CC(OC(=O)C(=C)C(F)(F)F)C2=CC1)C(F)(F)F. The summed E-state index contributed by atoms with van der Waals surface area (Å²) in [6.45, 7) is 5.22. The summed E-state index contributed by atoms with van der Waals surface area (Å²) in [5.41, 5.74) is -0.0995. The van der Waals surface area contributed by atoms with Gasteiger partial charge in [0.05, 0.1) is 0 Å². The second-order valence-corrected chi connectivity index (χ2v) is 5.33. The van der Waals surface area contributed by atoms with Crippen LogP contribution in [0.3, 0.4) is 0 Å². The van der Waals surface area contributed by atoms with Crippen LogP contribution in [-0.2, 0) is 19.1 Å². The van der Waals surface area contributed by atoms with Gasteiger partial charge in [0.2, 0.25) is 0 Å². The lowest BCUT2D eigenvalue weighted by Gasteiger charge is -2.33. The van der Waals surface area contributed by atoms with E-state index in [1.165, 1.54) is 6.08 Å². The van der Waals surface area contributed by atoms with Crippen molar-refractivity contribution in [3.8, 4) is 0 Å². The summed E-state index contributed by atoms with van der Waals surface area (Å²) < 4.78 is 83.3.